The molecule has 0 saturated carbocycles. The Morgan fingerprint density at radius 2 is 1.93 bits per heavy atom. The first-order chi connectivity index (χ1) is 14.1. The van der Waals surface area contributed by atoms with E-state index < -0.39 is 0 Å². The van der Waals surface area contributed by atoms with Crippen LogP contribution in [0.5, 0.6) is 0 Å². The summed E-state index contributed by atoms with van der Waals surface area (Å²) in [7, 11) is 2.12. The molecule has 1 aliphatic rings. The highest BCUT2D eigenvalue weighted by atomic mass is 35.5. The number of nitrogens with zero attached hydrogens (tertiary/aromatic N) is 3. The number of thiophene rings is 1. The molecule has 0 radical (unpaired) electrons. The fourth-order valence-electron chi connectivity index (χ4n) is 4.01. The number of fused-ring (bicyclic) bond motifs is 1. The van der Waals surface area contributed by atoms with Gasteiger partial charge in [0.15, 0.2) is 0 Å². The van der Waals surface area contributed by atoms with Crippen LogP contribution in [-0.4, -0.2) is 34.6 Å². The van der Waals surface area contributed by atoms with Gasteiger partial charge in [0, 0.05) is 27.6 Å². The molecule has 4 heterocycles. The predicted octanol–water partition coefficient (Wildman–Crippen LogP) is 5.31. The van der Waals surface area contributed by atoms with Crippen LogP contribution in [0.1, 0.15) is 18.9 Å². The van der Waals surface area contributed by atoms with Crippen LogP contribution in [0.4, 0.5) is 0 Å². The standard InChI is InChI=1S/C22H20ClN3O2S/c1-25-10-8-16(9-11-25)26-20(14-4-6-15(23)7-5-14)24-21-19(22(26)27)17(13-29-21)18-3-2-12-28-18/h2-7,12-13,16H,8-11H2,1H3. The molecule has 3 aromatic heterocycles. The SMILES string of the molecule is CN1CCC(n2c(-c3ccc(Cl)cc3)nc3scc(-c4ccco4)c3c2=O)CC1. The zero-order valence-corrected chi connectivity index (χ0v) is 17.5. The first kappa shape index (κ1) is 18.6. The molecule has 1 aromatic carbocycles. The van der Waals surface area contributed by atoms with Crippen LogP contribution in [0.3, 0.4) is 0 Å². The molecule has 29 heavy (non-hydrogen) atoms. The highest BCUT2D eigenvalue weighted by Crippen LogP contribution is 2.34. The van der Waals surface area contributed by atoms with Crippen LogP contribution < -0.4 is 5.56 Å². The molecule has 1 saturated heterocycles. The van der Waals surface area contributed by atoms with E-state index in [0.29, 0.717) is 22.0 Å². The van der Waals surface area contributed by atoms with Gasteiger partial charge in [0.2, 0.25) is 0 Å². The molecular formula is C22H20ClN3O2S. The molecule has 148 valence electrons. The minimum absolute atomic E-state index is 0.00199. The Bertz CT molecular complexity index is 1200. The Kier molecular flexibility index (Phi) is 4.78. The zero-order valence-electron chi connectivity index (χ0n) is 16.0. The van der Waals surface area contributed by atoms with Crippen LogP contribution in [0.25, 0.3) is 32.9 Å². The largest absolute Gasteiger partial charge is 0.464 e. The predicted molar refractivity (Wildman–Crippen MR) is 118 cm³/mol. The summed E-state index contributed by atoms with van der Waals surface area (Å²) in [6, 6.07) is 11.4. The van der Waals surface area contributed by atoms with Crippen molar-refractivity contribution in [3.8, 4) is 22.7 Å². The van der Waals surface area contributed by atoms with E-state index in [-0.39, 0.29) is 11.6 Å². The third-order valence-electron chi connectivity index (χ3n) is 5.58. The molecule has 0 bridgehead atoms. The van der Waals surface area contributed by atoms with Crippen molar-refractivity contribution in [3.63, 3.8) is 0 Å². The van der Waals surface area contributed by atoms with Gasteiger partial charge in [0.05, 0.1) is 11.6 Å². The average molecular weight is 426 g/mol. The van der Waals surface area contributed by atoms with Crippen LogP contribution in [0, 0.1) is 0 Å². The van der Waals surface area contributed by atoms with Gasteiger partial charge in [-0.1, -0.05) is 11.6 Å². The van der Waals surface area contributed by atoms with Gasteiger partial charge in [0.1, 0.15) is 16.4 Å². The van der Waals surface area contributed by atoms with Gasteiger partial charge < -0.3 is 9.32 Å². The number of furan rings is 1. The van der Waals surface area contributed by atoms with Crippen molar-refractivity contribution in [2.75, 3.05) is 20.1 Å². The number of hydrogen-bond donors (Lipinski definition) is 0. The second-order valence-electron chi connectivity index (χ2n) is 7.46. The first-order valence-electron chi connectivity index (χ1n) is 9.64. The molecule has 4 aromatic rings. The van der Waals surface area contributed by atoms with E-state index in [4.69, 9.17) is 21.0 Å². The minimum Gasteiger partial charge on any atom is -0.464 e. The van der Waals surface area contributed by atoms with Crippen LogP contribution in [-0.2, 0) is 0 Å². The normalized spacial score (nSPS) is 15.9. The van der Waals surface area contributed by atoms with E-state index in [1.807, 2.05) is 46.3 Å². The second-order valence-corrected chi connectivity index (χ2v) is 8.75. The number of aromatic nitrogens is 2. The maximum Gasteiger partial charge on any atom is 0.263 e. The van der Waals surface area contributed by atoms with Crippen molar-refractivity contribution in [3.05, 3.63) is 63.4 Å². The summed E-state index contributed by atoms with van der Waals surface area (Å²) in [6.45, 7) is 1.92. The van der Waals surface area contributed by atoms with E-state index in [1.54, 1.807) is 6.26 Å². The molecule has 0 aliphatic carbocycles. The zero-order chi connectivity index (χ0) is 20.0. The van der Waals surface area contributed by atoms with E-state index in [9.17, 15) is 4.79 Å². The lowest BCUT2D eigenvalue weighted by Crippen LogP contribution is -2.36. The highest BCUT2D eigenvalue weighted by Gasteiger charge is 2.26. The molecule has 5 nitrogen and oxygen atoms in total. The summed E-state index contributed by atoms with van der Waals surface area (Å²) in [5, 5.41) is 3.27. The lowest BCUT2D eigenvalue weighted by molar-refractivity contribution is 0.219. The first-order valence-corrected chi connectivity index (χ1v) is 10.9. The number of piperidine rings is 1. The Morgan fingerprint density at radius 1 is 1.17 bits per heavy atom. The molecule has 0 amide bonds. The van der Waals surface area contributed by atoms with Gasteiger partial charge in [-0.3, -0.25) is 9.36 Å². The highest BCUT2D eigenvalue weighted by molar-refractivity contribution is 7.17. The van der Waals surface area contributed by atoms with E-state index in [0.717, 1.165) is 41.9 Å². The van der Waals surface area contributed by atoms with E-state index >= 15 is 0 Å². The van der Waals surface area contributed by atoms with Gasteiger partial charge >= 0.3 is 0 Å². The van der Waals surface area contributed by atoms with Crippen molar-refractivity contribution in [2.45, 2.75) is 18.9 Å². The van der Waals surface area contributed by atoms with Crippen LogP contribution >= 0.6 is 22.9 Å². The van der Waals surface area contributed by atoms with E-state index in [1.165, 1.54) is 11.3 Å². The molecule has 5 rings (SSSR count). The average Bonchev–Trinajstić information content (AvgIpc) is 3.39. The summed E-state index contributed by atoms with van der Waals surface area (Å²) in [5.74, 6) is 1.41. The molecule has 0 atom stereocenters. The molecular weight excluding hydrogens is 406 g/mol. The Labute approximate surface area is 177 Å². The van der Waals surface area contributed by atoms with Crippen molar-refractivity contribution in [1.29, 1.82) is 0 Å². The number of halogens is 1. The smallest absolute Gasteiger partial charge is 0.263 e. The maximum absolute atomic E-state index is 13.8. The third-order valence-corrected chi connectivity index (χ3v) is 6.71. The molecule has 1 aliphatic heterocycles. The third kappa shape index (κ3) is 3.31. The molecule has 1 fully saturated rings. The van der Waals surface area contributed by atoms with Crippen molar-refractivity contribution in [1.82, 2.24) is 14.5 Å². The van der Waals surface area contributed by atoms with Gasteiger partial charge in [-0.2, -0.15) is 0 Å². The lowest BCUT2D eigenvalue weighted by atomic mass is 10.0. The van der Waals surface area contributed by atoms with Gasteiger partial charge in [0.25, 0.3) is 5.56 Å². The Balaban J connectivity index is 1.76. The minimum atomic E-state index is 0.00199. The van der Waals surface area contributed by atoms with Crippen molar-refractivity contribution in [2.24, 2.45) is 0 Å². The second kappa shape index (κ2) is 7.44. The summed E-state index contributed by atoms with van der Waals surface area (Å²) >= 11 is 7.56. The molecule has 7 heteroatoms. The summed E-state index contributed by atoms with van der Waals surface area (Å²) in [6.07, 6.45) is 3.47. The summed E-state index contributed by atoms with van der Waals surface area (Å²) in [4.78, 5) is 21.8. The topological polar surface area (TPSA) is 51.3 Å². The fourth-order valence-corrected chi connectivity index (χ4v) is 5.05. The summed E-state index contributed by atoms with van der Waals surface area (Å²) in [5.41, 5.74) is 1.72. The number of benzene rings is 1. The number of rotatable bonds is 3. The quantitative estimate of drug-likeness (QED) is 0.446. The fraction of sp³-hybridized carbons (Fsp3) is 0.273. The maximum atomic E-state index is 13.8. The van der Waals surface area contributed by atoms with Crippen LogP contribution in [0.2, 0.25) is 5.02 Å². The lowest BCUT2D eigenvalue weighted by Gasteiger charge is -2.31. The van der Waals surface area contributed by atoms with E-state index in [2.05, 4.69) is 11.9 Å². The number of hydrogen-bond acceptors (Lipinski definition) is 5. The van der Waals surface area contributed by atoms with Crippen molar-refractivity contribution >= 4 is 33.2 Å². The Morgan fingerprint density at radius 3 is 2.62 bits per heavy atom. The molecule has 0 spiro atoms. The van der Waals surface area contributed by atoms with Crippen molar-refractivity contribution < 1.29 is 4.42 Å². The Hall–Kier alpha value is -2.41. The van der Waals surface area contributed by atoms with Gasteiger partial charge in [-0.05, 0) is 69.4 Å². The number of likely N-dealkylation sites (tertiary alicyclic amines) is 1. The monoisotopic (exact) mass is 425 g/mol. The summed E-state index contributed by atoms with van der Waals surface area (Å²) < 4.78 is 7.48. The molecule has 0 unspecified atom stereocenters. The van der Waals surface area contributed by atoms with Crippen LogP contribution in [0.15, 0.2) is 57.3 Å². The van der Waals surface area contributed by atoms with Gasteiger partial charge in [-0.15, -0.1) is 11.3 Å². The van der Waals surface area contributed by atoms with Gasteiger partial charge in [-0.25, -0.2) is 4.98 Å². The molecule has 0 N–H and O–H groups in total.